The van der Waals surface area contributed by atoms with E-state index in [-0.39, 0.29) is 28.6 Å². The predicted octanol–water partition coefficient (Wildman–Crippen LogP) is 3.68. The highest BCUT2D eigenvalue weighted by Crippen LogP contribution is 2.29. The van der Waals surface area contributed by atoms with Crippen LogP contribution in [-0.4, -0.2) is 51.4 Å². The number of halogens is 1. The van der Waals surface area contributed by atoms with Gasteiger partial charge in [0, 0.05) is 6.54 Å². The fraction of sp³-hybridized carbons (Fsp3) is 0.227. The number of benzene rings is 1. The molecule has 0 spiro atoms. The average molecular weight is 469 g/mol. The summed E-state index contributed by atoms with van der Waals surface area (Å²) < 4.78 is 13.2. The Morgan fingerprint density at radius 3 is 2.64 bits per heavy atom. The van der Waals surface area contributed by atoms with Crippen molar-refractivity contribution >= 4 is 40.1 Å². The molecule has 3 rings (SSSR count). The minimum Gasteiger partial charge on any atom is -0.509 e. The maximum Gasteiger partial charge on any atom is 0.343 e. The molecule has 3 amide bonds. The fourth-order valence-corrected chi connectivity index (χ4v) is 3.61. The second kappa shape index (κ2) is 10.6. The predicted molar refractivity (Wildman–Crippen MR) is 123 cm³/mol. The van der Waals surface area contributed by atoms with Crippen LogP contribution >= 0.6 is 11.8 Å². The summed E-state index contributed by atoms with van der Waals surface area (Å²) in [6.45, 7) is 2.00. The van der Waals surface area contributed by atoms with Crippen LogP contribution in [0.3, 0.4) is 0 Å². The molecule has 0 radical (unpaired) electrons. The molecule has 0 bridgehead atoms. The Morgan fingerprint density at radius 2 is 2.06 bits per heavy atom. The first-order chi connectivity index (χ1) is 15.9. The Kier molecular flexibility index (Phi) is 7.63. The van der Waals surface area contributed by atoms with Gasteiger partial charge in [0.15, 0.2) is 0 Å². The zero-order chi connectivity index (χ0) is 24.0. The van der Waals surface area contributed by atoms with Crippen molar-refractivity contribution in [1.82, 2.24) is 15.3 Å². The summed E-state index contributed by atoms with van der Waals surface area (Å²) in [4.78, 5) is 34.7. The number of pyridine rings is 1. The molecule has 2 aromatic rings. The molecular formula is C22H21FN6O3S. The minimum absolute atomic E-state index is 0.128. The number of nitrogens with zero attached hydrogens (tertiary/aromatic N) is 5. The number of anilines is 1. The first-order valence-electron chi connectivity index (χ1n) is 9.96. The van der Waals surface area contributed by atoms with Crippen molar-refractivity contribution in [3.63, 3.8) is 0 Å². The molecule has 11 heteroatoms. The zero-order valence-corrected chi connectivity index (χ0v) is 18.8. The largest absolute Gasteiger partial charge is 0.509 e. The Balaban J connectivity index is 2.06. The van der Waals surface area contributed by atoms with Crippen molar-refractivity contribution in [1.29, 1.82) is 5.26 Å². The van der Waals surface area contributed by atoms with Crippen LogP contribution in [0, 0.1) is 17.1 Å². The number of amides is 3. The van der Waals surface area contributed by atoms with Gasteiger partial charge in [0.2, 0.25) is 0 Å². The number of aliphatic imine (C=N–C) groups is 1. The zero-order valence-electron chi connectivity index (χ0n) is 17.9. The molecule has 1 aliphatic heterocycles. The lowest BCUT2D eigenvalue weighted by atomic mass is 10.1. The maximum atomic E-state index is 13.5. The van der Waals surface area contributed by atoms with Crippen LogP contribution in [0.4, 0.5) is 20.6 Å². The number of hydrazine groups is 1. The van der Waals surface area contributed by atoms with Gasteiger partial charge in [-0.1, -0.05) is 6.92 Å². The summed E-state index contributed by atoms with van der Waals surface area (Å²) in [5.74, 6) is -1.51. The number of aromatic nitrogens is 1. The Labute approximate surface area is 194 Å². The number of carbonyl (C=O) groups excluding carboxylic acids is 2. The molecule has 1 aliphatic rings. The number of aliphatic hydroxyl groups excluding tert-OH is 1. The smallest absolute Gasteiger partial charge is 0.343 e. The van der Waals surface area contributed by atoms with Crippen molar-refractivity contribution < 1.29 is 19.1 Å². The van der Waals surface area contributed by atoms with Gasteiger partial charge in [-0.15, -0.1) is 11.8 Å². The molecule has 1 aromatic heterocycles. The van der Waals surface area contributed by atoms with E-state index in [2.05, 4.69) is 15.3 Å². The average Bonchev–Trinajstić information content (AvgIpc) is 2.82. The van der Waals surface area contributed by atoms with Crippen LogP contribution in [0.1, 0.15) is 19.0 Å². The highest BCUT2D eigenvalue weighted by atomic mass is 32.2. The summed E-state index contributed by atoms with van der Waals surface area (Å²) >= 11 is 1.11. The quantitative estimate of drug-likeness (QED) is 0.507. The minimum atomic E-state index is -0.785. The van der Waals surface area contributed by atoms with E-state index in [4.69, 9.17) is 5.26 Å². The fourth-order valence-electron chi connectivity index (χ4n) is 3.00. The molecule has 33 heavy (non-hydrogen) atoms. The van der Waals surface area contributed by atoms with E-state index in [1.807, 2.05) is 13.0 Å². The van der Waals surface area contributed by atoms with Crippen LogP contribution in [0.5, 0.6) is 0 Å². The van der Waals surface area contributed by atoms with Crippen molar-refractivity contribution in [2.45, 2.75) is 13.3 Å². The lowest BCUT2D eigenvalue weighted by Crippen LogP contribution is -2.58. The second-order valence-electron chi connectivity index (χ2n) is 6.84. The van der Waals surface area contributed by atoms with E-state index in [0.717, 1.165) is 16.8 Å². The van der Waals surface area contributed by atoms with Gasteiger partial charge >= 0.3 is 6.03 Å². The number of nitriles is 1. The number of rotatable bonds is 5. The van der Waals surface area contributed by atoms with E-state index >= 15 is 0 Å². The van der Waals surface area contributed by atoms with Gasteiger partial charge < -0.3 is 10.4 Å². The van der Waals surface area contributed by atoms with Crippen LogP contribution in [-0.2, 0) is 4.79 Å². The van der Waals surface area contributed by atoms with Gasteiger partial charge in [-0.25, -0.2) is 19.2 Å². The molecule has 170 valence electrons. The number of imide groups is 1. The van der Waals surface area contributed by atoms with E-state index in [1.165, 1.54) is 47.6 Å². The van der Waals surface area contributed by atoms with Crippen LogP contribution in [0.25, 0.3) is 0 Å². The van der Waals surface area contributed by atoms with Gasteiger partial charge in [-0.05, 0) is 49.1 Å². The summed E-state index contributed by atoms with van der Waals surface area (Å²) in [7, 11) is 0. The number of thioether (sulfide) groups is 1. The molecule has 0 aliphatic carbocycles. The Hall–Kier alpha value is -3.91. The van der Waals surface area contributed by atoms with Gasteiger partial charge in [0.1, 0.15) is 34.0 Å². The van der Waals surface area contributed by atoms with Gasteiger partial charge in [0.05, 0.1) is 24.1 Å². The van der Waals surface area contributed by atoms with E-state index in [9.17, 15) is 19.1 Å². The lowest BCUT2D eigenvalue weighted by molar-refractivity contribution is -0.125. The van der Waals surface area contributed by atoms with Crippen LogP contribution < -0.4 is 10.3 Å². The Morgan fingerprint density at radius 1 is 1.33 bits per heavy atom. The highest BCUT2D eigenvalue weighted by molar-refractivity contribution is 8.14. The van der Waals surface area contributed by atoms with E-state index < -0.39 is 17.8 Å². The van der Waals surface area contributed by atoms with E-state index in [0.29, 0.717) is 24.3 Å². The van der Waals surface area contributed by atoms with Crippen molar-refractivity contribution in [3.05, 3.63) is 65.4 Å². The normalized spacial score (nSPS) is 14.4. The number of aliphatic hydroxyl groups is 1. The van der Waals surface area contributed by atoms with Crippen LogP contribution in [0.15, 0.2) is 58.9 Å². The monoisotopic (exact) mass is 468 g/mol. The third kappa shape index (κ3) is 5.30. The van der Waals surface area contributed by atoms with E-state index in [1.54, 1.807) is 6.26 Å². The SMILES string of the molecule is CCCNC(=O)N1C(=O)C(C(=Nc2ccc(F)cc2)SC)=C(O)CN1c1ccc(C#N)nc1. The summed E-state index contributed by atoms with van der Waals surface area (Å²) in [6, 6.07) is 9.54. The number of nitrogens with one attached hydrogen (secondary N) is 1. The van der Waals surface area contributed by atoms with Crippen LogP contribution in [0.2, 0.25) is 0 Å². The highest BCUT2D eigenvalue weighted by Gasteiger charge is 2.39. The Bertz CT molecular complexity index is 1140. The van der Waals surface area contributed by atoms with Crippen molar-refractivity contribution in [2.75, 3.05) is 24.4 Å². The summed E-state index contributed by atoms with van der Waals surface area (Å²) in [5.41, 5.74) is 0.757. The molecule has 2 N–H and O–H groups in total. The third-order valence-corrected chi connectivity index (χ3v) is 5.26. The molecule has 0 fully saturated rings. The summed E-state index contributed by atoms with van der Waals surface area (Å²) in [5, 5.41) is 24.8. The second-order valence-corrected chi connectivity index (χ2v) is 7.63. The topological polar surface area (TPSA) is 122 Å². The number of urea groups is 1. The van der Waals surface area contributed by atoms with Gasteiger partial charge in [-0.3, -0.25) is 9.80 Å². The van der Waals surface area contributed by atoms with Gasteiger partial charge in [-0.2, -0.15) is 10.3 Å². The first-order valence-corrected chi connectivity index (χ1v) is 11.2. The molecule has 1 aromatic carbocycles. The van der Waals surface area contributed by atoms with Crippen molar-refractivity contribution in [3.8, 4) is 6.07 Å². The lowest BCUT2D eigenvalue weighted by Gasteiger charge is -2.38. The third-order valence-electron chi connectivity index (χ3n) is 4.58. The number of hydrogen-bond donors (Lipinski definition) is 2. The molecule has 0 atom stereocenters. The van der Waals surface area contributed by atoms with Crippen molar-refractivity contribution in [2.24, 2.45) is 4.99 Å². The molecular weight excluding hydrogens is 447 g/mol. The maximum absolute atomic E-state index is 13.5. The standard InChI is InChI=1S/C22H21FN6O3S/c1-3-10-25-22(32)29-21(31)19(20(33-2)27-15-6-4-14(23)5-7-15)18(30)13-28(29)17-9-8-16(11-24)26-12-17/h4-9,12,30H,3,10,13H2,1-2H3,(H,25,32). The first kappa shape index (κ1) is 23.7. The molecule has 0 saturated heterocycles. The number of carbonyl (C=O) groups is 2. The molecule has 0 saturated carbocycles. The summed E-state index contributed by atoms with van der Waals surface area (Å²) in [6.07, 6.45) is 3.67. The number of hydrogen-bond acceptors (Lipinski definition) is 8. The molecule has 2 heterocycles. The molecule has 9 nitrogen and oxygen atoms in total. The molecule has 0 unspecified atom stereocenters. The van der Waals surface area contributed by atoms with Gasteiger partial charge in [0.25, 0.3) is 5.91 Å².